The van der Waals surface area contributed by atoms with E-state index in [-0.39, 0.29) is 0 Å². The molecule has 1 heterocycles. The molecule has 1 unspecified atom stereocenters. The molecule has 112 valence electrons. The molecule has 1 aromatic carbocycles. The van der Waals surface area contributed by atoms with Crippen LogP contribution in [-0.4, -0.2) is 30.1 Å². The summed E-state index contributed by atoms with van der Waals surface area (Å²) >= 11 is 6.38. The van der Waals surface area contributed by atoms with Gasteiger partial charge in [-0.05, 0) is 57.4 Å². The summed E-state index contributed by atoms with van der Waals surface area (Å²) in [7, 11) is 0. The maximum absolute atomic E-state index is 6.38. The third-order valence-electron chi connectivity index (χ3n) is 4.18. The maximum atomic E-state index is 6.38. The summed E-state index contributed by atoms with van der Waals surface area (Å²) in [4.78, 5) is 2.53. The topological polar surface area (TPSA) is 15.3 Å². The highest BCUT2D eigenvalue weighted by Gasteiger charge is 2.19. The minimum Gasteiger partial charge on any atom is -0.313 e. The lowest BCUT2D eigenvalue weighted by Crippen LogP contribution is -2.45. The number of aryl methyl sites for hydroxylation is 1. The van der Waals surface area contributed by atoms with E-state index in [9.17, 15) is 0 Å². The van der Waals surface area contributed by atoms with Gasteiger partial charge in [0.1, 0.15) is 0 Å². The Morgan fingerprint density at radius 2 is 2.15 bits per heavy atom. The van der Waals surface area contributed by atoms with E-state index in [0.29, 0.717) is 12.1 Å². The van der Waals surface area contributed by atoms with Gasteiger partial charge in [-0.15, -0.1) is 0 Å². The van der Waals surface area contributed by atoms with Crippen molar-refractivity contribution in [1.82, 2.24) is 10.2 Å². The van der Waals surface area contributed by atoms with Gasteiger partial charge in [-0.25, -0.2) is 0 Å². The lowest BCUT2D eigenvalue weighted by Gasteiger charge is -2.33. The Morgan fingerprint density at radius 1 is 1.35 bits per heavy atom. The Kier molecular flexibility index (Phi) is 5.88. The van der Waals surface area contributed by atoms with E-state index in [1.54, 1.807) is 0 Å². The molecule has 1 aliphatic heterocycles. The average Bonchev–Trinajstić information content (AvgIpc) is 2.42. The van der Waals surface area contributed by atoms with Gasteiger partial charge in [-0.1, -0.05) is 30.2 Å². The second-order valence-corrected chi connectivity index (χ2v) is 6.67. The molecule has 0 aromatic heterocycles. The number of hydrogen-bond acceptors (Lipinski definition) is 2. The molecule has 1 saturated heterocycles. The van der Waals surface area contributed by atoms with Crippen molar-refractivity contribution in [3.63, 3.8) is 0 Å². The number of nitrogens with one attached hydrogen (secondary N) is 1. The zero-order chi connectivity index (χ0) is 14.5. The minimum absolute atomic E-state index is 0.538. The number of hydrogen-bond donors (Lipinski definition) is 1. The molecular weight excluding hydrogens is 268 g/mol. The molecule has 0 spiro atoms. The first kappa shape index (κ1) is 15.8. The number of piperidine rings is 1. The van der Waals surface area contributed by atoms with E-state index in [1.165, 1.54) is 36.9 Å². The van der Waals surface area contributed by atoms with Crippen molar-refractivity contribution >= 4 is 11.6 Å². The zero-order valence-corrected chi connectivity index (χ0v) is 13.7. The SMILES string of the molecule is Cc1ccc(CN(CC2CCCCN2)C(C)C)c(Cl)c1. The molecule has 1 aliphatic rings. The largest absolute Gasteiger partial charge is 0.313 e. The summed E-state index contributed by atoms with van der Waals surface area (Å²) < 4.78 is 0. The summed E-state index contributed by atoms with van der Waals surface area (Å²) in [5, 5.41) is 4.53. The molecule has 1 N–H and O–H groups in total. The maximum Gasteiger partial charge on any atom is 0.0453 e. The summed E-state index contributed by atoms with van der Waals surface area (Å²) in [5.74, 6) is 0. The molecule has 0 radical (unpaired) electrons. The van der Waals surface area contributed by atoms with E-state index in [2.05, 4.69) is 49.2 Å². The first-order chi connectivity index (χ1) is 9.56. The number of nitrogens with zero attached hydrogens (tertiary/aromatic N) is 1. The van der Waals surface area contributed by atoms with Crippen LogP contribution in [0.25, 0.3) is 0 Å². The molecule has 2 rings (SSSR count). The predicted molar refractivity (Wildman–Crippen MR) is 87.4 cm³/mol. The normalized spacial score (nSPS) is 19.8. The summed E-state index contributed by atoms with van der Waals surface area (Å²) in [6, 6.07) is 7.56. The molecule has 20 heavy (non-hydrogen) atoms. The van der Waals surface area contributed by atoms with Crippen molar-refractivity contribution in [3.05, 3.63) is 34.3 Å². The average molecular weight is 295 g/mol. The second kappa shape index (κ2) is 7.44. The van der Waals surface area contributed by atoms with Gasteiger partial charge in [0.2, 0.25) is 0 Å². The van der Waals surface area contributed by atoms with Crippen molar-refractivity contribution in [3.8, 4) is 0 Å². The number of benzene rings is 1. The smallest absolute Gasteiger partial charge is 0.0453 e. The third-order valence-corrected chi connectivity index (χ3v) is 4.53. The van der Waals surface area contributed by atoms with E-state index in [4.69, 9.17) is 11.6 Å². The lowest BCUT2D eigenvalue weighted by atomic mass is 10.0. The van der Waals surface area contributed by atoms with Gasteiger partial charge in [-0.2, -0.15) is 0 Å². The Hall–Kier alpha value is -0.570. The fourth-order valence-corrected chi connectivity index (χ4v) is 3.12. The summed E-state index contributed by atoms with van der Waals surface area (Å²) in [6.07, 6.45) is 3.97. The van der Waals surface area contributed by atoms with E-state index < -0.39 is 0 Å². The number of halogens is 1. The molecule has 0 amide bonds. The third kappa shape index (κ3) is 4.47. The van der Waals surface area contributed by atoms with Gasteiger partial charge in [0, 0.05) is 30.2 Å². The molecular formula is C17H27ClN2. The van der Waals surface area contributed by atoms with Gasteiger partial charge < -0.3 is 5.32 Å². The molecule has 0 bridgehead atoms. The Balaban J connectivity index is 2.01. The van der Waals surface area contributed by atoms with Crippen molar-refractivity contribution in [1.29, 1.82) is 0 Å². The van der Waals surface area contributed by atoms with E-state index >= 15 is 0 Å². The Morgan fingerprint density at radius 3 is 2.75 bits per heavy atom. The quantitative estimate of drug-likeness (QED) is 0.883. The predicted octanol–water partition coefficient (Wildman–Crippen LogP) is 4.00. The highest BCUT2D eigenvalue weighted by molar-refractivity contribution is 6.31. The Bertz CT molecular complexity index is 425. The first-order valence-electron chi connectivity index (χ1n) is 7.78. The molecule has 1 fully saturated rings. The Labute approximate surface area is 128 Å². The molecule has 1 aromatic rings. The molecule has 1 atom stereocenters. The van der Waals surface area contributed by atoms with Crippen LogP contribution in [0, 0.1) is 6.92 Å². The number of rotatable bonds is 5. The molecule has 0 aliphatic carbocycles. The molecule has 3 heteroatoms. The highest BCUT2D eigenvalue weighted by atomic mass is 35.5. The van der Waals surface area contributed by atoms with E-state index in [0.717, 1.165) is 18.1 Å². The fourth-order valence-electron chi connectivity index (χ4n) is 2.82. The van der Waals surface area contributed by atoms with Gasteiger partial charge >= 0.3 is 0 Å². The van der Waals surface area contributed by atoms with Gasteiger partial charge in [0.25, 0.3) is 0 Å². The standard InChI is InChI=1S/C17H27ClN2/c1-13(2)20(12-16-6-4-5-9-19-16)11-15-8-7-14(3)10-17(15)18/h7-8,10,13,16,19H,4-6,9,11-12H2,1-3H3. The van der Waals surface area contributed by atoms with Crippen molar-refractivity contribution < 1.29 is 0 Å². The highest BCUT2D eigenvalue weighted by Crippen LogP contribution is 2.21. The van der Waals surface area contributed by atoms with Crippen LogP contribution in [0.4, 0.5) is 0 Å². The monoisotopic (exact) mass is 294 g/mol. The van der Waals surface area contributed by atoms with Crippen LogP contribution in [0.15, 0.2) is 18.2 Å². The van der Waals surface area contributed by atoms with Gasteiger partial charge in [0.05, 0.1) is 0 Å². The first-order valence-corrected chi connectivity index (χ1v) is 8.16. The van der Waals surface area contributed by atoms with Crippen LogP contribution in [0.5, 0.6) is 0 Å². The van der Waals surface area contributed by atoms with Crippen LogP contribution in [0.1, 0.15) is 44.2 Å². The van der Waals surface area contributed by atoms with Crippen molar-refractivity contribution in [2.45, 2.75) is 58.7 Å². The van der Waals surface area contributed by atoms with E-state index in [1.807, 2.05) is 0 Å². The second-order valence-electron chi connectivity index (χ2n) is 6.26. The lowest BCUT2D eigenvalue weighted by molar-refractivity contribution is 0.177. The minimum atomic E-state index is 0.538. The summed E-state index contributed by atoms with van der Waals surface area (Å²) in [5.41, 5.74) is 2.46. The molecule has 2 nitrogen and oxygen atoms in total. The van der Waals surface area contributed by atoms with Crippen LogP contribution in [-0.2, 0) is 6.54 Å². The molecule has 0 saturated carbocycles. The van der Waals surface area contributed by atoms with Gasteiger partial charge in [0.15, 0.2) is 0 Å². The van der Waals surface area contributed by atoms with Gasteiger partial charge in [-0.3, -0.25) is 4.90 Å². The van der Waals surface area contributed by atoms with Crippen LogP contribution in [0.2, 0.25) is 5.02 Å². The fraction of sp³-hybridized carbons (Fsp3) is 0.647. The van der Waals surface area contributed by atoms with Crippen LogP contribution < -0.4 is 5.32 Å². The summed E-state index contributed by atoms with van der Waals surface area (Å²) in [6.45, 7) is 9.84. The van der Waals surface area contributed by atoms with Crippen molar-refractivity contribution in [2.24, 2.45) is 0 Å². The van der Waals surface area contributed by atoms with Crippen LogP contribution in [0.3, 0.4) is 0 Å². The van der Waals surface area contributed by atoms with Crippen LogP contribution >= 0.6 is 11.6 Å². The van der Waals surface area contributed by atoms with Crippen molar-refractivity contribution in [2.75, 3.05) is 13.1 Å². The zero-order valence-electron chi connectivity index (χ0n) is 13.0.